The Balaban J connectivity index is 2.72. The van der Waals surface area contributed by atoms with Gasteiger partial charge in [-0.25, -0.2) is 0 Å². The van der Waals surface area contributed by atoms with Crippen LogP contribution in [-0.2, 0) is 11.3 Å². The Bertz CT molecular complexity index is 323. The van der Waals surface area contributed by atoms with Crippen LogP contribution in [0.5, 0.6) is 0 Å². The van der Waals surface area contributed by atoms with Crippen LogP contribution in [0.3, 0.4) is 0 Å². The number of benzene rings is 1. The molecule has 0 saturated carbocycles. The highest BCUT2D eigenvalue weighted by atomic mass is 79.9. The lowest BCUT2D eigenvalue weighted by Crippen LogP contribution is -2.19. The first-order valence-corrected chi connectivity index (χ1v) is 4.88. The van der Waals surface area contributed by atoms with Crippen molar-refractivity contribution in [1.29, 1.82) is 0 Å². The molecule has 1 amide bonds. The van der Waals surface area contributed by atoms with Gasteiger partial charge in [0.25, 0.3) is 0 Å². The molecule has 0 unspecified atom stereocenters. The number of hydrogen-bond donors (Lipinski definition) is 1. The summed E-state index contributed by atoms with van der Waals surface area (Å²) in [5.41, 5.74) is 2.33. The van der Waals surface area contributed by atoms with Crippen molar-refractivity contribution >= 4 is 21.8 Å². The van der Waals surface area contributed by atoms with Gasteiger partial charge < -0.3 is 5.32 Å². The first kappa shape index (κ1) is 10.3. The molecule has 0 fully saturated rings. The number of nitrogens with one attached hydrogen (secondary N) is 1. The Kier molecular flexibility index (Phi) is 3.48. The predicted octanol–water partition coefficient (Wildman–Crippen LogP) is 2.39. The molecule has 1 N–H and O–H groups in total. The smallest absolute Gasteiger partial charge is 0.217 e. The second-order valence-corrected chi connectivity index (χ2v) is 3.90. The van der Waals surface area contributed by atoms with Gasteiger partial charge in [0.05, 0.1) is 0 Å². The Morgan fingerprint density at radius 3 is 2.77 bits per heavy atom. The summed E-state index contributed by atoms with van der Waals surface area (Å²) < 4.78 is 1.07. The molecule has 0 aromatic heterocycles. The van der Waals surface area contributed by atoms with Gasteiger partial charge in [0, 0.05) is 17.9 Å². The highest BCUT2D eigenvalue weighted by Gasteiger charge is 1.99. The van der Waals surface area contributed by atoms with Crippen LogP contribution in [0.15, 0.2) is 22.7 Å². The quantitative estimate of drug-likeness (QED) is 0.847. The number of halogens is 1. The lowest BCUT2D eigenvalue weighted by Gasteiger charge is -2.06. The average Bonchev–Trinajstić information content (AvgIpc) is 2.02. The molecule has 1 rings (SSSR count). The van der Waals surface area contributed by atoms with Gasteiger partial charge in [-0.1, -0.05) is 22.0 Å². The van der Waals surface area contributed by atoms with E-state index in [-0.39, 0.29) is 5.91 Å². The molecule has 0 aliphatic rings. The minimum Gasteiger partial charge on any atom is -0.352 e. The number of amides is 1. The van der Waals surface area contributed by atoms with Crippen LogP contribution in [0.25, 0.3) is 0 Å². The number of hydrogen-bond acceptors (Lipinski definition) is 1. The van der Waals surface area contributed by atoms with Crippen molar-refractivity contribution < 1.29 is 4.79 Å². The fourth-order valence-corrected chi connectivity index (χ4v) is 1.55. The molecule has 0 aliphatic carbocycles. The summed E-state index contributed by atoms with van der Waals surface area (Å²) in [7, 11) is 0. The monoisotopic (exact) mass is 241 g/mol. The Labute approximate surface area is 86.5 Å². The summed E-state index contributed by atoms with van der Waals surface area (Å²) in [6, 6.07) is 6.02. The molecule has 0 radical (unpaired) electrons. The fraction of sp³-hybridized carbons (Fsp3) is 0.300. The van der Waals surface area contributed by atoms with E-state index in [1.54, 1.807) is 0 Å². The molecule has 0 bridgehead atoms. The normalized spacial score (nSPS) is 9.77. The van der Waals surface area contributed by atoms with E-state index in [0.29, 0.717) is 6.54 Å². The highest BCUT2D eigenvalue weighted by Crippen LogP contribution is 2.15. The van der Waals surface area contributed by atoms with E-state index in [1.807, 2.05) is 25.1 Å². The zero-order valence-electron chi connectivity index (χ0n) is 7.73. The van der Waals surface area contributed by atoms with Crippen molar-refractivity contribution in [3.63, 3.8) is 0 Å². The van der Waals surface area contributed by atoms with E-state index in [1.165, 1.54) is 12.5 Å². The van der Waals surface area contributed by atoms with Crippen molar-refractivity contribution in [2.45, 2.75) is 20.4 Å². The Morgan fingerprint density at radius 1 is 1.54 bits per heavy atom. The minimum atomic E-state index is 0.00215. The van der Waals surface area contributed by atoms with E-state index in [0.717, 1.165) is 10.0 Å². The summed E-state index contributed by atoms with van der Waals surface area (Å²) in [4.78, 5) is 10.7. The molecule has 70 valence electrons. The SMILES string of the molecule is CC(=O)NCc1ccc(Br)cc1C. The molecule has 1 aromatic carbocycles. The van der Waals surface area contributed by atoms with E-state index >= 15 is 0 Å². The van der Waals surface area contributed by atoms with Crippen LogP contribution < -0.4 is 5.32 Å². The fourth-order valence-electron chi connectivity index (χ4n) is 1.08. The van der Waals surface area contributed by atoms with Crippen molar-refractivity contribution in [2.24, 2.45) is 0 Å². The second-order valence-electron chi connectivity index (χ2n) is 2.98. The molecule has 0 heterocycles. The van der Waals surface area contributed by atoms with Gasteiger partial charge in [0.15, 0.2) is 0 Å². The van der Waals surface area contributed by atoms with E-state index in [9.17, 15) is 4.79 Å². The number of carbonyl (C=O) groups is 1. The summed E-state index contributed by atoms with van der Waals surface area (Å²) in [5, 5.41) is 2.77. The van der Waals surface area contributed by atoms with Crippen LogP contribution in [0.2, 0.25) is 0 Å². The second kappa shape index (κ2) is 4.42. The lowest BCUT2D eigenvalue weighted by atomic mass is 10.1. The van der Waals surface area contributed by atoms with Crippen molar-refractivity contribution in [2.75, 3.05) is 0 Å². The summed E-state index contributed by atoms with van der Waals surface area (Å²) in [6.45, 7) is 4.16. The standard InChI is InChI=1S/C10H12BrNO/c1-7-5-10(11)4-3-9(7)6-12-8(2)13/h3-5H,6H2,1-2H3,(H,12,13). The zero-order chi connectivity index (χ0) is 9.84. The largest absolute Gasteiger partial charge is 0.352 e. The first-order chi connectivity index (χ1) is 6.09. The zero-order valence-corrected chi connectivity index (χ0v) is 9.31. The summed E-state index contributed by atoms with van der Waals surface area (Å²) >= 11 is 3.39. The maximum absolute atomic E-state index is 10.7. The molecule has 0 atom stereocenters. The average molecular weight is 242 g/mol. The number of carbonyl (C=O) groups excluding carboxylic acids is 1. The van der Waals surface area contributed by atoms with Crippen LogP contribution in [0.1, 0.15) is 18.1 Å². The van der Waals surface area contributed by atoms with Crippen LogP contribution in [-0.4, -0.2) is 5.91 Å². The van der Waals surface area contributed by atoms with Gasteiger partial charge in [-0.05, 0) is 30.2 Å². The van der Waals surface area contributed by atoms with E-state index < -0.39 is 0 Å². The van der Waals surface area contributed by atoms with Gasteiger partial charge in [-0.3, -0.25) is 4.79 Å². The molecule has 1 aromatic rings. The topological polar surface area (TPSA) is 29.1 Å². The summed E-state index contributed by atoms with van der Waals surface area (Å²) in [5.74, 6) is 0.00215. The highest BCUT2D eigenvalue weighted by molar-refractivity contribution is 9.10. The van der Waals surface area contributed by atoms with Gasteiger partial charge in [0.2, 0.25) is 5.91 Å². The van der Waals surface area contributed by atoms with Crippen LogP contribution >= 0.6 is 15.9 Å². The molecular weight excluding hydrogens is 230 g/mol. The molecular formula is C10H12BrNO. The van der Waals surface area contributed by atoms with Gasteiger partial charge >= 0.3 is 0 Å². The number of aryl methyl sites for hydroxylation is 1. The Hall–Kier alpha value is -0.830. The third-order valence-corrected chi connectivity index (χ3v) is 2.33. The molecule has 13 heavy (non-hydrogen) atoms. The molecule has 3 heteroatoms. The van der Waals surface area contributed by atoms with Crippen molar-refractivity contribution in [3.8, 4) is 0 Å². The number of rotatable bonds is 2. The predicted molar refractivity (Wildman–Crippen MR) is 56.4 cm³/mol. The van der Waals surface area contributed by atoms with Crippen molar-refractivity contribution in [1.82, 2.24) is 5.32 Å². The van der Waals surface area contributed by atoms with Crippen LogP contribution in [0.4, 0.5) is 0 Å². The van der Waals surface area contributed by atoms with E-state index in [2.05, 4.69) is 21.2 Å². The van der Waals surface area contributed by atoms with Gasteiger partial charge in [-0.15, -0.1) is 0 Å². The molecule has 2 nitrogen and oxygen atoms in total. The van der Waals surface area contributed by atoms with Gasteiger partial charge in [0.1, 0.15) is 0 Å². The van der Waals surface area contributed by atoms with Crippen molar-refractivity contribution in [3.05, 3.63) is 33.8 Å². The minimum absolute atomic E-state index is 0.00215. The summed E-state index contributed by atoms with van der Waals surface area (Å²) in [6.07, 6.45) is 0. The third kappa shape index (κ3) is 3.19. The molecule has 0 aliphatic heterocycles. The van der Waals surface area contributed by atoms with E-state index in [4.69, 9.17) is 0 Å². The maximum atomic E-state index is 10.7. The lowest BCUT2D eigenvalue weighted by molar-refractivity contribution is -0.119. The van der Waals surface area contributed by atoms with Crippen LogP contribution in [0, 0.1) is 6.92 Å². The third-order valence-electron chi connectivity index (χ3n) is 1.83. The first-order valence-electron chi connectivity index (χ1n) is 4.09. The maximum Gasteiger partial charge on any atom is 0.217 e. The van der Waals surface area contributed by atoms with Gasteiger partial charge in [-0.2, -0.15) is 0 Å². The molecule has 0 saturated heterocycles. The Morgan fingerprint density at radius 2 is 2.23 bits per heavy atom. The molecule has 0 spiro atoms.